The van der Waals surface area contributed by atoms with E-state index >= 15 is 0 Å². The molecular weight excluding hydrogens is 316 g/mol. The highest BCUT2D eigenvalue weighted by Gasteiger charge is 2.05. The average Bonchev–Trinajstić information content (AvgIpc) is 2.47. The molecule has 7 heteroatoms. The molecule has 1 heterocycles. The zero-order valence-corrected chi connectivity index (χ0v) is 14.2. The Bertz CT molecular complexity index is 784. The number of H-pyrrole nitrogens is 1. The van der Waals surface area contributed by atoms with E-state index in [0.717, 1.165) is 5.56 Å². The van der Waals surface area contributed by atoms with Gasteiger partial charge in [0.25, 0.3) is 5.56 Å². The predicted octanol–water partition coefficient (Wildman–Crippen LogP) is 3.27. The van der Waals surface area contributed by atoms with E-state index in [0.29, 0.717) is 28.0 Å². The van der Waals surface area contributed by atoms with Gasteiger partial charge in [-0.15, -0.1) is 0 Å². The number of aromatic nitrogens is 2. The third kappa shape index (κ3) is 4.56. The van der Waals surface area contributed by atoms with Crippen LogP contribution in [0.1, 0.15) is 30.7 Å². The minimum Gasteiger partial charge on any atom is -0.489 e. The number of hydrogen-bond acceptors (Lipinski definition) is 5. The second-order valence-corrected chi connectivity index (χ2v) is 5.76. The van der Waals surface area contributed by atoms with Crippen molar-refractivity contribution < 1.29 is 4.74 Å². The van der Waals surface area contributed by atoms with Crippen molar-refractivity contribution in [3.05, 3.63) is 50.4 Å². The summed E-state index contributed by atoms with van der Waals surface area (Å²) in [7, 11) is 0. The van der Waals surface area contributed by atoms with E-state index in [2.05, 4.69) is 20.5 Å². The third-order valence-corrected chi connectivity index (χ3v) is 3.39. The summed E-state index contributed by atoms with van der Waals surface area (Å²) in [4.78, 5) is 18.5. The summed E-state index contributed by atoms with van der Waals surface area (Å²) >= 11 is 6.16. The zero-order valence-electron chi connectivity index (χ0n) is 13.5. The first-order chi connectivity index (χ1) is 10.9. The van der Waals surface area contributed by atoms with E-state index in [-0.39, 0.29) is 11.7 Å². The molecule has 2 N–H and O–H groups in total. The number of anilines is 1. The molecule has 1 aromatic carbocycles. The van der Waals surface area contributed by atoms with Crippen LogP contribution in [0, 0.1) is 13.8 Å². The van der Waals surface area contributed by atoms with Crippen LogP contribution in [0.3, 0.4) is 0 Å². The molecule has 0 aliphatic rings. The minimum atomic E-state index is -0.187. The number of nitrogens with one attached hydrogen (secondary N) is 2. The normalized spacial score (nSPS) is 11.2. The van der Waals surface area contributed by atoms with Crippen molar-refractivity contribution in [2.75, 3.05) is 5.43 Å². The molecule has 23 heavy (non-hydrogen) atoms. The van der Waals surface area contributed by atoms with E-state index in [1.165, 1.54) is 0 Å². The van der Waals surface area contributed by atoms with Crippen molar-refractivity contribution in [2.24, 2.45) is 5.10 Å². The molecule has 2 aromatic rings. The molecule has 0 radical (unpaired) electrons. The molecule has 1 aromatic heterocycles. The molecule has 2 rings (SSSR count). The highest BCUT2D eigenvalue weighted by atomic mass is 35.5. The van der Waals surface area contributed by atoms with Crippen molar-refractivity contribution in [1.29, 1.82) is 0 Å². The Balaban J connectivity index is 2.09. The van der Waals surface area contributed by atoms with Crippen LogP contribution in [-0.2, 0) is 0 Å². The lowest BCUT2D eigenvalue weighted by molar-refractivity contribution is 0.242. The van der Waals surface area contributed by atoms with Crippen molar-refractivity contribution in [1.82, 2.24) is 9.97 Å². The molecule has 0 saturated heterocycles. The molecular formula is C16H19ClN4O2. The predicted molar refractivity (Wildman–Crippen MR) is 92.8 cm³/mol. The number of hydrazone groups is 1. The van der Waals surface area contributed by atoms with Crippen LogP contribution in [-0.4, -0.2) is 22.3 Å². The lowest BCUT2D eigenvalue weighted by Gasteiger charge is -2.11. The number of hydrogen-bond donors (Lipinski definition) is 2. The molecule has 0 aliphatic carbocycles. The molecule has 122 valence electrons. The van der Waals surface area contributed by atoms with E-state index in [9.17, 15) is 4.79 Å². The monoisotopic (exact) mass is 334 g/mol. The van der Waals surface area contributed by atoms with Gasteiger partial charge in [0.05, 0.1) is 17.3 Å². The van der Waals surface area contributed by atoms with Crippen LogP contribution in [0.4, 0.5) is 5.95 Å². The highest BCUT2D eigenvalue weighted by Crippen LogP contribution is 2.25. The Morgan fingerprint density at radius 1 is 1.39 bits per heavy atom. The molecule has 0 fully saturated rings. The van der Waals surface area contributed by atoms with Gasteiger partial charge >= 0.3 is 0 Å². The van der Waals surface area contributed by atoms with E-state index in [4.69, 9.17) is 16.3 Å². The van der Waals surface area contributed by atoms with Gasteiger partial charge in [-0.1, -0.05) is 11.6 Å². The van der Waals surface area contributed by atoms with E-state index in [1.54, 1.807) is 32.2 Å². The number of benzene rings is 1. The van der Waals surface area contributed by atoms with Crippen LogP contribution >= 0.6 is 11.6 Å². The largest absolute Gasteiger partial charge is 0.489 e. The maximum absolute atomic E-state index is 11.6. The van der Waals surface area contributed by atoms with Crippen LogP contribution in [0.2, 0.25) is 5.02 Å². The molecule has 0 atom stereocenters. The molecule has 0 spiro atoms. The fourth-order valence-electron chi connectivity index (χ4n) is 1.81. The van der Waals surface area contributed by atoms with E-state index in [1.807, 2.05) is 19.9 Å². The number of ether oxygens (including phenoxy) is 1. The molecule has 0 unspecified atom stereocenters. The van der Waals surface area contributed by atoms with Crippen LogP contribution < -0.4 is 15.7 Å². The number of halogens is 1. The Morgan fingerprint density at radius 2 is 2.13 bits per heavy atom. The number of aryl methyl sites for hydroxylation is 1. The third-order valence-electron chi connectivity index (χ3n) is 3.10. The van der Waals surface area contributed by atoms with Gasteiger partial charge in [0, 0.05) is 11.3 Å². The summed E-state index contributed by atoms with van der Waals surface area (Å²) in [6, 6.07) is 5.38. The van der Waals surface area contributed by atoms with Gasteiger partial charge in [-0.2, -0.15) is 5.10 Å². The number of nitrogens with zero attached hydrogens (tertiary/aromatic N) is 2. The summed E-state index contributed by atoms with van der Waals surface area (Å²) < 4.78 is 5.57. The minimum absolute atomic E-state index is 0.0568. The molecule has 0 bridgehead atoms. The SMILES string of the molecule is Cc1nc(N/N=C\c2ccc(OC(C)C)c(Cl)c2)[nH]c(=O)c1C. The maximum Gasteiger partial charge on any atom is 0.255 e. The van der Waals surface area contributed by atoms with Crippen molar-refractivity contribution in [2.45, 2.75) is 33.8 Å². The van der Waals surface area contributed by atoms with Gasteiger partial charge in [-0.3, -0.25) is 9.78 Å². The van der Waals surface area contributed by atoms with Crippen molar-refractivity contribution >= 4 is 23.8 Å². The summed E-state index contributed by atoms with van der Waals surface area (Å²) in [6.07, 6.45) is 1.64. The summed E-state index contributed by atoms with van der Waals surface area (Å²) in [6.45, 7) is 7.36. The lowest BCUT2D eigenvalue weighted by atomic mass is 10.2. The second-order valence-electron chi connectivity index (χ2n) is 5.35. The van der Waals surface area contributed by atoms with Gasteiger partial charge in [0.15, 0.2) is 0 Å². The maximum atomic E-state index is 11.6. The first kappa shape index (κ1) is 17.0. The molecule has 0 amide bonds. The van der Waals surface area contributed by atoms with Gasteiger partial charge in [0.1, 0.15) is 5.75 Å². The average molecular weight is 335 g/mol. The fraction of sp³-hybridized carbons (Fsp3) is 0.312. The topological polar surface area (TPSA) is 79.4 Å². The standard InChI is InChI=1S/C16H19ClN4O2/c1-9(2)23-14-6-5-12(7-13(14)17)8-18-21-16-19-11(4)10(3)15(22)20-16/h5-9H,1-4H3,(H2,19,20,21,22)/b18-8-. The Kier molecular flexibility index (Phi) is 5.39. The first-order valence-corrected chi connectivity index (χ1v) is 7.57. The molecule has 0 aliphatic heterocycles. The first-order valence-electron chi connectivity index (χ1n) is 7.19. The second kappa shape index (κ2) is 7.28. The number of aromatic amines is 1. The van der Waals surface area contributed by atoms with Crippen LogP contribution in [0.5, 0.6) is 5.75 Å². The summed E-state index contributed by atoms with van der Waals surface area (Å²) in [5.74, 6) is 0.923. The summed E-state index contributed by atoms with van der Waals surface area (Å²) in [5, 5.41) is 4.56. The Labute approximate surface area is 139 Å². The van der Waals surface area contributed by atoms with Gasteiger partial charge in [0.2, 0.25) is 5.95 Å². The highest BCUT2D eigenvalue weighted by molar-refractivity contribution is 6.32. The Hall–Kier alpha value is -2.34. The van der Waals surface area contributed by atoms with Gasteiger partial charge < -0.3 is 4.74 Å². The molecule has 0 saturated carbocycles. The van der Waals surface area contributed by atoms with Crippen molar-refractivity contribution in [3.8, 4) is 5.75 Å². The fourth-order valence-corrected chi connectivity index (χ4v) is 2.05. The quantitative estimate of drug-likeness (QED) is 0.649. The zero-order chi connectivity index (χ0) is 17.0. The van der Waals surface area contributed by atoms with Crippen LogP contribution in [0.25, 0.3) is 0 Å². The van der Waals surface area contributed by atoms with Crippen LogP contribution in [0.15, 0.2) is 28.1 Å². The van der Waals surface area contributed by atoms with E-state index < -0.39 is 0 Å². The van der Waals surface area contributed by atoms with Gasteiger partial charge in [-0.25, -0.2) is 10.4 Å². The molecule has 6 nitrogen and oxygen atoms in total. The Morgan fingerprint density at radius 3 is 2.74 bits per heavy atom. The number of rotatable bonds is 5. The smallest absolute Gasteiger partial charge is 0.255 e. The van der Waals surface area contributed by atoms with Crippen molar-refractivity contribution in [3.63, 3.8) is 0 Å². The van der Waals surface area contributed by atoms with Gasteiger partial charge in [-0.05, 0) is 51.5 Å². The summed E-state index contributed by atoms with van der Waals surface area (Å²) in [5.41, 5.74) is 4.55. The lowest BCUT2D eigenvalue weighted by Crippen LogP contribution is -2.15.